The van der Waals surface area contributed by atoms with Gasteiger partial charge in [-0.1, -0.05) is 24.3 Å². The normalized spacial score (nSPS) is 17.4. The van der Waals surface area contributed by atoms with Gasteiger partial charge in [0.1, 0.15) is 11.9 Å². The Labute approximate surface area is 177 Å². The van der Waals surface area contributed by atoms with E-state index in [1.807, 2.05) is 24.3 Å². The van der Waals surface area contributed by atoms with Crippen LogP contribution >= 0.6 is 0 Å². The monoisotopic (exact) mass is 415 g/mol. The molecule has 2 aliphatic heterocycles. The second-order valence-electron chi connectivity index (χ2n) is 7.58. The Balaban J connectivity index is 1.34. The Morgan fingerprint density at radius 3 is 2.29 bits per heavy atom. The van der Waals surface area contributed by atoms with Gasteiger partial charge in [-0.15, -0.1) is 0 Å². The number of urea groups is 1. The number of nitrogens with one attached hydrogen (secondary N) is 1. The van der Waals surface area contributed by atoms with Crippen LogP contribution in [-0.4, -0.2) is 28.8 Å². The van der Waals surface area contributed by atoms with Crippen molar-refractivity contribution in [2.45, 2.75) is 19.0 Å². The topological polar surface area (TPSA) is 69.7 Å². The van der Waals surface area contributed by atoms with Crippen molar-refractivity contribution in [3.63, 3.8) is 0 Å². The minimum atomic E-state index is -0.510. The first-order valence-corrected chi connectivity index (χ1v) is 9.89. The van der Waals surface area contributed by atoms with Crippen molar-refractivity contribution in [3.05, 3.63) is 95.3 Å². The van der Waals surface area contributed by atoms with Crippen molar-refractivity contribution in [3.8, 4) is 0 Å². The number of anilines is 2. The van der Waals surface area contributed by atoms with Crippen molar-refractivity contribution in [2.24, 2.45) is 0 Å². The van der Waals surface area contributed by atoms with Crippen LogP contribution in [0.1, 0.15) is 21.5 Å². The molecule has 0 radical (unpaired) electrons. The van der Waals surface area contributed by atoms with Crippen LogP contribution in [0.3, 0.4) is 0 Å². The number of halogens is 1. The van der Waals surface area contributed by atoms with Crippen LogP contribution in [0.5, 0.6) is 0 Å². The number of imide groups is 1. The van der Waals surface area contributed by atoms with Crippen LogP contribution in [-0.2, 0) is 17.8 Å². The Bertz CT molecular complexity index is 1150. The summed E-state index contributed by atoms with van der Waals surface area (Å²) in [6.45, 7) is 0.403. The molecule has 3 aromatic rings. The molecule has 0 aromatic heterocycles. The highest BCUT2D eigenvalue weighted by atomic mass is 19.1. The number of carbonyl (C=O) groups is 3. The van der Waals surface area contributed by atoms with Gasteiger partial charge in [-0.2, -0.15) is 0 Å². The lowest BCUT2D eigenvalue weighted by atomic mass is 9.95. The molecule has 0 spiro atoms. The maximum absolute atomic E-state index is 13.0. The van der Waals surface area contributed by atoms with Gasteiger partial charge in [0.15, 0.2) is 0 Å². The molecule has 0 aliphatic carbocycles. The molecule has 154 valence electrons. The van der Waals surface area contributed by atoms with Crippen molar-refractivity contribution < 1.29 is 18.8 Å². The molecular formula is C24H18FN3O3. The van der Waals surface area contributed by atoms with E-state index in [9.17, 15) is 18.8 Å². The molecule has 4 amide bonds. The maximum Gasteiger partial charge on any atom is 0.332 e. The fourth-order valence-corrected chi connectivity index (χ4v) is 4.05. The van der Waals surface area contributed by atoms with Crippen molar-refractivity contribution in [1.29, 1.82) is 0 Å². The average Bonchev–Trinajstić information content (AvgIpc) is 3.03. The van der Waals surface area contributed by atoms with E-state index in [1.165, 1.54) is 29.2 Å². The summed E-state index contributed by atoms with van der Waals surface area (Å²) in [4.78, 5) is 41.2. The summed E-state index contributed by atoms with van der Waals surface area (Å²) in [6, 6.07) is 18.7. The molecule has 5 rings (SSSR count). The predicted octanol–water partition coefficient (Wildman–Crippen LogP) is 3.97. The van der Waals surface area contributed by atoms with Gasteiger partial charge in [0, 0.05) is 24.2 Å². The molecule has 1 unspecified atom stereocenters. The second-order valence-corrected chi connectivity index (χ2v) is 7.58. The molecule has 0 saturated carbocycles. The molecule has 3 aromatic carbocycles. The van der Waals surface area contributed by atoms with Crippen molar-refractivity contribution in [1.82, 2.24) is 4.90 Å². The molecule has 1 saturated heterocycles. The summed E-state index contributed by atoms with van der Waals surface area (Å²) in [5.74, 6) is -1.02. The van der Waals surface area contributed by atoms with Crippen LogP contribution in [0.4, 0.5) is 20.6 Å². The smallest absolute Gasteiger partial charge is 0.322 e. The molecule has 1 N–H and O–H groups in total. The Hall–Kier alpha value is -4.00. The minimum absolute atomic E-state index is 0.261. The number of fused-ring (bicyclic) bond motifs is 2. The van der Waals surface area contributed by atoms with Crippen LogP contribution in [0.15, 0.2) is 72.8 Å². The molecule has 0 bridgehead atoms. The lowest BCUT2D eigenvalue weighted by Gasteiger charge is -2.28. The highest BCUT2D eigenvalue weighted by Crippen LogP contribution is 2.33. The molecule has 6 nitrogen and oxygen atoms in total. The zero-order chi connectivity index (χ0) is 21.5. The van der Waals surface area contributed by atoms with Crippen LogP contribution < -0.4 is 10.2 Å². The number of hydrogen-bond acceptors (Lipinski definition) is 3. The van der Waals surface area contributed by atoms with E-state index in [2.05, 4.69) is 5.32 Å². The van der Waals surface area contributed by atoms with Crippen LogP contribution in [0.2, 0.25) is 0 Å². The van der Waals surface area contributed by atoms with Gasteiger partial charge in [0.2, 0.25) is 0 Å². The number of nitrogens with zero attached hydrogens (tertiary/aromatic N) is 2. The van der Waals surface area contributed by atoms with Gasteiger partial charge in [0.05, 0.1) is 5.69 Å². The first-order chi connectivity index (χ1) is 15.0. The van der Waals surface area contributed by atoms with E-state index in [4.69, 9.17) is 0 Å². The molecule has 1 atom stereocenters. The van der Waals surface area contributed by atoms with Crippen molar-refractivity contribution in [2.75, 3.05) is 10.2 Å². The SMILES string of the molecule is O=C(Nc1ccc(F)cc1)c1ccc(N2C(=O)C3Cc4ccccc4CN3C2=O)cc1. The van der Waals surface area contributed by atoms with Crippen LogP contribution in [0.25, 0.3) is 0 Å². The van der Waals surface area contributed by atoms with Crippen LogP contribution in [0, 0.1) is 5.82 Å². The molecule has 2 heterocycles. The largest absolute Gasteiger partial charge is 0.332 e. The predicted molar refractivity (Wildman–Crippen MR) is 113 cm³/mol. The Morgan fingerprint density at radius 1 is 0.903 bits per heavy atom. The minimum Gasteiger partial charge on any atom is -0.322 e. The lowest BCUT2D eigenvalue weighted by Crippen LogP contribution is -2.39. The number of rotatable bonds is 3. The summed E-state index contributed by atoms with van der Waals surface area (Å²) in [7, 11) is 0. The number of amides is 4. The Kier molecular flexibility index (Phi) is 4.51. The fraction of sp³-hybridized carbons (Fsp3) is 0.125. The molecule has 31 heavy (non-hydrogen) atoms. The highest BCUT2D eigenvalue weighted by molar-refractivity contribution is 6.21. The van der Waals surface area contributed by atoms with E-state index in [0.29, 0.717) is 29.9 Å². The summed E-state index contributed by atoms with van der Waals surface area (Å²) in [6.07, 6.45) is 0.495. The molecular weight excluding hydrogens is 397 g/mol. The quantitative estimate of drug-likeness (QED) is 0.658. The zero-order valence-corrected chi connectivity index (χ0v) is 16.4. The third kappa shape index (κ3) is 3.34. The summed E-state index contributed by atoms with van der Waals surface area (Å²) in [5.41, 5.74) is 3.38. The van der Waals surface area contributed by atoms with Crippen molar-refractivity contribution >= 4 is 29.2 Å². The van der Waals surface area contributed by atoms with E-state index in [1.54, 1.807) is 29.2 Å². The van der Waals surface area contributed by atoms with Gasteiger partial charge in [-0.25, -0.2) is 14.1 Å². The van der Waals surface area contributed by atoms with E-state index in [-0.39, 0.29) is 23.7 Å². The summed E-state index contributed by atoms with van der Waals surface area (Å²) in [5, 5.41) is 2.68. The van der Waals surface area contributed by atoms with Gasteiger partial charge in [-0.3, -0.25) is 9.59 Å². The fourth-order valence-electron chi connectivity index (χ4n) is 4.05. The van der Waals surface area contributed by atoms with Gasteiger partial charge < -0.3 is 10.2 Å². The van der Waals surface area contributed by atoms with Gasteiger partial charge in [-0.05, 0) is 59.7 Å². The third-order valence-corrected chi connectivity index (χ3v) is 5.68. The summed E-state index contributed by atoms with van der Waals surface area (Å²) >= 11 is 0. The van der Waals surface area contributed by atoms with Gasteiger partial charge >= 0.3 is 6.03 Å². The van der Waals surface area contributed by atoms with E-state index >= 15 is 0 Å². The second kappa shape index (κ2) is 7.36. The average molecular weight is 415 g/mol. The highest BCUT2D eigenvalue weighted by Gasteiger charge is 2.47. The lowest BCUT2D eigenvalue weighted by molar-refractivity contribution is -0.120. The van der Waals surface area contributed by atoms with Gasteiger partial charge in [0.25, 0.3) is 11.8 Å². The standard InChI is InChI=1S/C24H18FN3O3/c25-18-7-9-19(10-8-18)26-22(29)15-5-11-20(12-6-15)28-23(30)21-13-16-3-1-2-4-17(16)14-27(21)24(28)31/h1-12,21H,13-14H2,(H,26,29). The molecule has 1 fully saturated rings. The Morgan fingerprint density at radius 2 is 1.58 bits per heavy atom. The van der Waals surface area contributed by atoms with E-state index in [0.717, 1.165) is 11.1 Å². The molecule has 7 heteroatoms. The number of benzene rings is 3. The third-order valence-electron chi connectivity index (χ3n) is 5.68. The zero-order valence-electron chi connectivity index (χ0n) is 16.4. The maximum atomic E-state index is 13.0. The first kappa shape index (κ1) is 19.0. The number of hydrogen-bond donors (Lipinski definition) is 1. The van der Waals surface area contributed by atoms with E-state index < -0.39 is 6.04 Å². The molecule has 2 aliphatic rings. The summed E-state index contributed by atoms with van der Waals surface area (Å²) < 4.78 is 13.0. The number of carbonyl (C=O) groups excluding carboxylic acids is 3. The first-order valence-electron chi connectivity index (χ1n) is 9.89.